The summed E-state index contributed by atoms with van der Waals surface area (Å²) in [7, 11) is 0. The number of benzene rings is 1. The summed E-state index contributed by atoms with van der Waals surface area (Å²) in [4.78, 5) is 33.9. The number of aliphatic carboxylic acids is 1. The van der Waals surface area contributed by atoms with E-state index in [0.29, 0.717) is 19.4 Å². The summed E-state index contributed by atoms with van der Waals surface area (Å²) in [6.07, 6.45) is 2.72. The maximum absolute atomic E-state index is 12.0. The van der Waals surface area contributed by atoms with Gasteiger partial charge in [-0.15, -0.1) is 11.3 Å². The molecular formula is C21H24N4O3S. The second-order valence-electron chi connectivity index (χ2n) is 6.70. The number of carbonyl (C=O) groups excluding carboxylic acids is 1. The van der Waals surface area contributed by atoms with E-state index in [-0.39, 0.29) is 12.3 Å². The molecule has 1 unspecified atom stereocenters. The number of amides is 1. The Morgan fingerprint density at radius 3 is 2.66 bits per heavy atom. The molecule has 1 amide bonds. The number of thiophene rings is 1. The Morgan fingerprint density at radius 1 is 1.21 bits per heavy atom. The molecule has 1 aromatic carbocycles. The number of carboxylic acids is 1. The SMILES string of the molecule is CCC(NC(=O)CCCNc1ncnc2sc(C)c(-c3ccccc3)c12)C(=O)O. The van der Waals surface area contributed by atoms with Crippen LogP contribution in [0.3, 0.4) is 0 Å². The number of nitrogens with one attached hydrogen (secondary N) is 2. The Balaban J connectivity index is 1.68. The molecule has 0 saturated heterocycles. The quantitative estimate of drug-likeness (QED) is 0.461. The zero-order chi connectivity index (χ0) is 20.8. The van der Waals surface area contributed by atoms with Gasteiger partial charge >= 0.3 is 5.97 Å². The molecule has 0 aliphatic heterocycles. The molecule has 0 radical (unpaired) electrons. The summed E-state index contributed by atoms with van der Waals surface area (Å²) in [5.41, 5.74) is 2.24. The lowest BCUT2D eigenvalue weighted by atomic mass is 10.0. The van der Waals surface area contributed by atoms with Crippen LogP contribution in [-0.2, 0) is 9.59 Å². The first-order valence-electron chi connectivity index (χ1n) is 9.56. The maximum atomic E-state index is 12.0. The predicted octanol–water partition coefficient (Wildman–Crippen LogP) is 3.84. The van der Waals surface area contributed by atoms with Gasteiger partial charge in [0.2, 0.25) is 5.91 Å². The minimum absolute atomic E-state index is 0.249. The molecular weight excluding hydrogens is 388 g/mol. The van der Waals surface area contributed by atoms with E-state index in [1.165, 1.54) is 4.88 Å². The van der Waals surface area contributed by atoms with Crippen molar-refractivity contribution in [1.82, 2.24) is 15.3 Å². The van der Waals surface area contributed by atoms with Crippen molar-refractivity contribution in [2.24, 2.45) is 0 Å². The van der Waals surface area contributed by atoms with Gasteiger partial charge in [-0.3, -0.25) is 4.79 Å². The van der Waals surface area contributed by atoms with Gasteiger partial charge < -0.3 is 15.7 Å². The lowest BCUT2D eigenvalue weighted by molar-refractivity contribution is -0.141. The van der Waals surface area contributed by atoms with E-state index in [4.69, 9.17) is 5.11 Å². The van der Waals surface area contributed by atoms with Crippen LogP contribution < -0.4 is 10.6 Å². The fraction of sp³-hybridized carbons (Fsp3) is 0.333. The molecule has 2 aromatic heterocycles. The molecule has 0 bridgehead atoms. The summed E-state index contributed by atoms with van der Waals surface area (Å²) in [6, 6.07) is 9.31. The Bertz CT molecular complexity index is 1000. The highest BCUT2D eigenvalue weighted by atomic mass is 32.1. The van der Waals surface area contributed by atoms with Crippen LogP contribution >= 0.6 is 11.3 Å². The highest BCUT2D eigenvalue weighted by Gasteiger charge is 2.18. The van der Waals surface area contributed by atoms with Crippen molar-refractivity contribution in [2.45, 2.75) is 39.2 Å². The normalized spacial score (nSPS) is 11.9. The molecule has 3 aromatic rings. The van der Waals surface area contributed by atoms with E-state index in [1.54, 1.807) is 24.6 Å². The fourth-order valence-corrected chi connectivity index (χ4v) is 4.20. The van der Waals surface area contributed by atoms with Crippen LogP contribution in [0.1, 0.15) is 31.1 Å². The van der Waals surface area contributed by atoms with Gasteiger partial charge in [0.15, 0.2) is 0 Å². The van der Waals surface area contributed by atoms with Crippen LogP contribution in [0.15, 0.2) is 36.7 Å². The molecule has 29 heavy (non-hydrogen) atoms. The standard InChI is InChI=1S/C21H24N4O3S/c1-3-15(21(27)28)25-16(26)10-7-11-22-19-18-17(14-8-5-4-6-9-14)13(2)29-20(18)24-12-23-19/h4-6,8-9,12,15H,3,7,10-11H2,1-2H3,(H,25,26)(H,27,28)(H,22,23,24). The first-order valence-corrected chi connectivity index (χ1v) is 10.4. The molecule has 0 aliphatic carbocycles. The largest absolute Gasteiger partial charge is 0.480 e. The zero-order valence-electron chi connectivity index (χ0n) is 16.4. The molecule has 0 saturated carbocycles. The number of aryl methyl sites for hydroxylation is 1. The van der Waals surface area contributed by atoms with Gasteiger partial charge in [0.05, 0.1) is 5.39 Å². The van der Waals surface area contributed by atoms with Gasteiger partial charge in [-0.25, -0.2) is 14.8 Å². The van der Waals surface area contributed by atoms with Crippen molar-refractivity contribution in [3.8, 4) is 11.1 Å². The highest BCUT2D eigenvalue weighted by molar-refractivity contribution is 7.19. The van der Waals surface area contributed by atoms with Crippen LogP contribution in [-0.4, -0.2) is 39.5 Å². The van der Waals surface area contributed by atoms with Gasteiger partial charge in [0.25, 0.3) is 0 Å². The monoisotopic (exact) mass is 412 g/mol. The number of aromatic nitrogens is 2. The third-order valence-electron chi connectivity index (χ3n) is 4.64. The molecule has 1 atom stereocenters. The molecule has 3 rings (SSSR count). The molecule has 152 valence electrons. The zero-order valence-corrected chi connectivity index (χ0v) is 17.3. The molecule has 3 N–H and O–H groups in total. The number of rotatable bonds is 9. The average Bonchev–Trinajstić information content (AvgIpc) is 3.06. The molecule has 2 heterocycles. The Hall–Kier alpha value is -3.00. The van der Waals surface area contributed by atoms with Gasteiger partial charge in [0, 0.05) is 23.4 Å². The Morgan fingerprint density at radius 2 is 1.97 bits per heavy atom. The smallest absolute Gasteiger partial charge is 0.326 e. The molecule has 8 heteroatoms. The number of carboxylic acid groups (broad SMARTS) is 1. The average molecular weight is 413 g/mol. The second kappa shape index (κ2) is 9.47. The Labute approximate surface area is 173 Å². The first-order chi connectivity index (χ1) is 14.0. The van der Waals surface area contributed by atoms with Crippen molar-refractivity contribution in [2.75, 3.05) is 11.9 Å². The summed E-state index contributed by atoms with van der Waals surface area (Å²) < 4.78 is 0. The molecule has 7 nitrogen and oxygen atoms in total. The number of fused-ring (bicyclic) bond motifs is 1. The fourth-order valence-electron chi connectivity index (χ4n) is 3.19. The van der Waals surface area contributed by atoms with Gasteiger partial charge in [-0.05, 0) is 25.3 Å². The molecule has 0 spiro atoms. The number of hydrogen-bond donors (Lipinski definition) is 3. The highest BCUT2D eigenvalue weighted by Crippen LogP contribution is 2.40. The molecule has 0 fully saturated rings. The van der Waals surface area contributed by atoms with Gasteiger partial charge in [-0.1, -0.05) is 37.3 Å². The summed E-state index contributed by atoms with van der Waals surface area (Å²) >= 11 is 1.63. The van der Waals surface area contributed by atoms with E-state index in [2.05, 4.69) is 39.7 Å². The van der Waals surface area contributed by atoms with Crippen LogP contribution in [0, 0.1) is 6.92 Å². The van der Waals surface area contributed by atoms with Crippen molar-refractivity contribution < 1.29 is 14.7 Å². The molecule has 0 aliphatic rings. The van der Waals surface area contributed by atoms with E-state index >= 15 is 0 Å². The van der Waals surface area contributed by atoms with Crippen LogP contribution in [0.25, 0.3) is 21.3 Å². The van der Waals surface area contributed by atoms with E-state index in [1.807, 2.05) is 18.2 Å². The third kappa shape index (κ3) is 4.89. The van der Waals surface area contributed by atoms with Gasteiger partial charge in [-0.2, -0.15) is 0 Å². The summed E-state index contributed by atoms with van der Waals surface area (Å²) in [5.74, 6) is -0.524. The van der Waals surface area contributed by atoms with Crippen LogP contribution in [0.4, 0.5) is 5.82 Å². The third-order valence-corrected chi connectivity index (χ3v) is 5.65. The summed E-state index contributed by atoms with van der Waals surface area (Å²) in [6.45, 7) is 4.36. The minimum Gasteiger partial charge on any atom is -0.480 e. The van der Waals surface area contributed by atoms with Crippen LogP contribution in [0.2, 0.25) is 0 Å². The van der Waals surface area contributed by atoms with E-state index in [0.717, 1.165) is 27.2 Å². The number of anilines is 1. The minimum atomic E-state index is -1.01. The predicted molar refractivity (Wildman–Crippen MR) is 115 cm³/mol. The van der Waals surface area contributed by atoms with E-state index in [9.17, 15) is 9.59 Å². The summed E-state index contributed by atoms with van der Waals surface area (Å²) in [5, 5.41) is 15.9. The lowest BCUT2D eigenvalue weighted by Crippen LogP contribution is -2.40. The topological polar surface area (TPSA) is 104 Å². The van der Waals surface area contributed by atoms with E-state index < -0.39 is 12.0 Å². The number of carbonyl (C=O) groups is 2. The van der Waals surface area contributed by atoms with Crippen molar-refractivity contribution in [3.05, 3.63) is 41.5 Å². The van der Waals surface area contributed by atoms with Crippen LogP contribution in [0.5, 0.6) is 0 Å². The van der Waals surface area contributed by atoms with Gasteiger partial charge in [0.1, 0.15) is 23.0 Å². The van der Waals surface area contributed by atoms with Crippen molar-refractivity contribution in [3.63, 3.8) is 0 Å². The van der Waals surface area contributed by atoms with Crippen molar-refractivity contribution >= 4 is 39.2 Å². The number of hydrogen-bond acceptors (Lipinski definition) is 6. The second-order valence-corrected chi connectivity index (χ2v) is 7.90. The number of nitrogens with zero attached hydrogens (tertiary/aromatic N) is 2. The van der Waals surface area contributed by atoms with Crippen molar-refractivity contribution in [1.29, 1.82) is 0 Å². The Kier molecular flexibility index (Phi) is 6.77. The maximum Gasteiger partial charge on any atom is 0.326 e. The first kappa shape index (κ1) is 20.7. The lowest BCUT2D eigenvalue weighted by Gasteiger charge is -2.12.